The van der Waals surface area contributed by atoms with Crippen LogP contribution < -0.4 is 9.47 Å². The highest BCUT2D eigenvalue weighted by molar-refractivity contribution is 7.92. The van der Waals surface area contributed by atoms with Crippen molar-refractivity contribution in [3.8, 4) is 11.5 Å². The molecule has 1 aliphatic rings. The van der Waals surface area contributed by atoms with Crippen LogP contribution in [-0.4, -0.2) is 62.9 Å². The number of imide groups is 1. The summed E-state index contributed by atoms with van der Waals surface area (Å²) >= 11 is 0. The molecule has 0 bridgehead atoms. The van der Waals surface area contributed by atoms with Gasteiger partial charge in [0, 0.05) is 5.39 Å². The van der Waals surface area contributed by atoms with E-state index < -0.39 is 33.0 Å². The van der Waals surface area contributed by atoms with Gasteiger partial charge in [-0.2, -0.15) is 13.2 Å². The fourth-order valence-electron chi connectivity index (χ4n) is 3.29. The number of rotatable bonds is 12. The van der Waals surface area contributed by atoms with Gasteiger partial charge in [-0.25, -0.2) is 8.42 Å². The van der Waals surface area contributed by atoms with Crippen LogP contribution in [0.15, 0.2) is 49.9 Å². The molecule has 0 aliphatic carbocycles. The van der Waals surface area contributed by atoms with E-state index in [0.29, 0.717) is 5.39 Å². The Bertz CT molecular complexity index is 1200. The van der Waals surface area contributed by atoms with Crippen LogP contribution >= 0.6 is 0 Å². The van der Waals surface area contributed by atoms with Crippen molar-refractivity contribution < 1.29 is 50.1 Å². The Labute approximate surface area is 198 Å². The molecule has 0 fully saturated rings. The van der Waals surface area contributed by atoms with Crippen LogP contribution in [0.1, 0.15) is 20.7 Å². The van der Waals surface area contributed by atoms with Gasteiger partial charge < -0.3 is 18.9 Å². The first-order valence-electron chi connectivity index (χ1n) is 9.98. The summed E-state index contributed by atoms with van der Waals surface area (Å²) in [5.74, 6) is -4.01. The van der Waals surface area contributed by atoms with Crippen molar-refractivity contribution in [3.05, 3.63) is 61.1 Å². The summed E-state index contributed by atoms with van der Waals surface area (Å²) in [6.07, 6.45) is 2.40. The Morgan fingerprint density at radius 1 is 0.829 bits per heavy atom. The molecule has 0 saturated heterocycles. The van der Waals surface area contributed by atoms with Crippen LogP contribution in [0.2, 0.25) is 0 Å². The molecule has 0 aromatic heterocycles. The smallest absolute Gasteiger partial charge is 0.498 e. The Balaban J connectivity index is 2.08. The minimum absolute atomic E-state index is 0.0368. The van der Waals surface area contributed by atoms with E-state index in [1.54, 1.807) is 0 Å². The van der Waals surface area contributed by atoms with E-state index in [-0.39, 0.29) is 59.3 Å². The molecule has 2 aromatic rings. The number of hydrogen-bond acceptors (Lipinski definition) is 8. The Morgan fingerprint density at radius 3 is 1.69 bits per heavy atom. The van der Waals surface area contributed by atoms with E-state index in [1.165, 1.54) is 36.8 Å². The van der Waals surface area contributed by atoms with Gasteiger partial charge in [-0.05, 0) is 29.7 Å². The second-order valence-electron chi connectivity index (χ2n) is 7.04. The monoisotopic (exact) mass is 515 g/mol. The summed E-state index contributed by atoms with van der Waals surface area (Å²) in [5.41, 5.74) is -6.05. The van der Waals surface area contributed by atoms with Crippen molar-refractivity contribution in [1.82, 2.24) is 4.90 Å². The molecule has 0 N–H and O–H groups in total. The van der Waals surface area contributed by atoms with Crippen molar-refractivity contribution in [3.63, 3.8) is 0 Å². The Kier molecular flexibility index (Phi) is 7.58. The SMILES string of the molecule is C=COCCOc1cc2c3c(cc(OCCOC=C)cc3c1)C(=O)N(CS(=O)(=O)C(F)(F)F)C2=O. The molecule has 0 radical (unpaired) electrons. The number of ether oxygens (including phenoxy) is 4. The highest BCUT2D eigenvalue weighted by Crippen LogP contribution is 2.37. The molecular weight excluding hydrogens is 495 g/mol. The van der Waals surface area contributed by atoms with E-state index in [0.717, 1.165) is 0 Å². The second kappa shape index (κ2) is 10.3. The molecule has 188 valence electrons. The van der Waals surface area contributed by atoms with E-state index in [9.17, 15) is 31.2 Å². The maximum atomic E-state index is 13.0. The van der Waals surface area contributed by atoms with E-state index in [2.05, 4.69) is 13.2 Å². The molecule has 0 saturated carbocycles. The largest absolute Gasteiger partial charge is 0.499 e. The van der Waals surface area contributed by atoms with Crippen LogP contribution in [0.5, 0.6) is 11.5 Å². The lowest BCUT2D eigenvalue weighted by Gasteiger charge is -2.28. The zero-order chi connectivity index (χ0) is 25.8. The number of hydrogen-bond donors (Lipinski definition) is 0. The van der Waals surface area contributed by atoms with Crippen LogP contribution in [0, 0.1) is 0 Å². The van der Waals surface area contributed by atoms with Gasteiger partial charge in [0.25, 0.3) is 21.7 Å². The third kappa shape index (κ3) is 5.50. The zero-order valence-electron chi connectivity index (χ0n) is 18.2. The predicted molar refractivity (Wildman–Crippen MR) is 118 cm³/mol. The fourth-order valence-corrected chi connectivity index (χ4v) is 4.01. The average Bonchev–Trinajstić information content (AvgIpc) is 2.79. The molecule has 2 amide bonds. The number of halogens is 3. The molecule has 3 rings (SSSR count). The summed E-state index contributed by atoms with van der Waals surface area (Å²) in [6.45, 7) is 7.11. The van der Waals surface area contributed by atoms with Crippen LogP contribution in [0.25, 0.3) is 10.8 Å². The molecule has 0 spiro atoms. The number of carbonyl (C=O) groups excluding carboxylic acids is 2. The first-order valence-corrected chi connectivity index (χ1v) is 11.6. The number of benzene rings is 2. The van der Waals surface area contributed by atoms with Crippen molar-refractivity contribution in [2.24, 2.45) is 0 Å². The number of nitrogens with zero attached hydrogens (tertiary/aromatic N) is 1. The van der Waals surface area contributed by atoms with Crippen molar-refractivity contribution in [2.45, 2.75) is 5.51 Å². The summed E-state index contributed by atoms with van der Waals surface area (Å²) in [5, 5.41) is 0.448. The minimum Gasteiger partial charge on any atom is -0.498 e. The average molecular weight is 515 g/mol. The zero-order valence-corrected chi connectivity index (χ0v) is 19.0. The minimum atomic E-state index is -5.83. The molecule has 0 unspecified atom stereocenters. The third-order valence-corrected chi connectivity index (χ3v) is 6.08. The van der Waals surface area contributed by atoms with E-state index in [4.69, 9.17) is 18.9 Å². The highest BCUT2D eigenvalue weighted by Gasteiger charge is 2.49. The summed E-state index contributed by atoms with van der Waals surface area (Å²) in [6, 6.07) is 5.46. The van der Waals surface area contributed by atoms with Crippen LogP contribution in [-0.2, 0) is 19.3 Å². The summed E-state index contributed by atoms with van der Waals surface area (Å²) < 4.78 is 83.4. The molecular formula is C22H20F3NO8S. The highest BCUT2D eigenvalue weighted by atomic mass is 32.2. The molecule has 35 heavy (non-hydrogen) atoms. The number of alkyl halides is 3. The predicted octanol–water partition coefficient (Wildman–Crippen LogP) is 3.41. The molecule has 1 aliphatic heterocycles. The standard InChI is InChI=1S/C22H20F3NO8S/c1-3-31-5-7-33-15-9-14-10-16(34-8-6-32-4-2)12-18-19(14)17(11-15)20(27)26(21(18)28)13-35(29,30)22(23,24)25/h3-4,9-12H,1-2,5-8,13H2. The third-order valence-electron chi connectivity index (χ3n) is 4.77. The Hall–Kier alpha value is -3.74. The first kappa shape index (κ1) is 25.9. The second-order valence-corrected chi connectivity index (χ2v) is 8.99. The number of sulfone groups is 1. The van der Waals surface area contributed by atoms with Gasteiger partial charge in [-0.3, -0.25) is 14.5 Å². The summed E-state index contributed by atoms with van der Waals surface area (Å²) in [4.78, 5) is 26.0. The lowest BCUT2D eigenvalue weighted by Crippen LogP contribution is -2.46. The van der Waals surface area contributed by atoms with Gasteiger partial charge in [0.15, 0.2) is 0 Å². The van der Waals surface area contributed by atoms with Crippen LogP contribution in [0.4, 0.5) is 13.2 Å². The number of carbonyl (C=O) groups is 2. The van der Waals surface area contributed by atoms with E-state index >= 15 is 0 Å². The van der Waals surface area contributed by atoms with Gasteiger partial charge in [0.2, 0.25) is 0 Å². The first-order chi connectivity index (χ1) is 16.5. The normalized spacial score (nSPS) is 13.5. The molecule has 0 atom stereocenters. The maximum Gasteiger partial charge on any atom is 0.499 e. The molecule has 9 nitrogen and oxygen atoms in total. The Morgan fingerprint density at radius 2 is 1.29 bits per heavy atom. The van der Waals surface area contributed by atoms with Gasteiger partial charge in [-0.15, -0.1) is 0 Å². The summed E-state index contributed by atoms with van der Waals surface area (Å²) in [7, 11) is -5.83. The molecule has 1 heterocycles. The quantitative estimate of drug-likeness (QED) is 0.240. The molecule has 2 aromatic carbocycles. The van der Waals surface area contributed by atoms with E-state index in [1.807, 2.05) is 0 Å². The lowest BCUT2D eigenvalue weighted by molar-refractivity contribution is -0.0442. The van der Waals surface area contributed by atoms with Gasteiger partial charge in [0.05, 0.1) is 23.7 Å². The van der Waals surface area contributed by atoms with Gasteiger partial charge in [-0.1, -0.05) is 13.2 Å². The van der Waals surface area contributed by atoms with Crippen molar-refractivity contribution in [2.75, 3.05) is 32.3 Å². The fraction of sp³-hybridized carbons (Fsp3) is 0.273. The number of amides is 2. The van der Waals surface area contributed by atoms with Crippen LogP contribution in [0.3, 0.4) is 0 Å². The van der Waals surface area contributed by atoms with Crippen molar-refractivity contribution in [1.29, 1.82) is 0 Å². The van der Waals surface area contributed by atoms with Gasteiger partial charge >= 0.3 is 5.51 Å². The van der Waals surface area contributed by atoms with Gasteiger partial charge in [0.1, 0.15) is 43.8 Å². The maximum absolute atomic E-state index is 13.0. The van der Waals surface area contributed by atoms with Crippen molar-refractivity contribution >= 4 is 32.4 Å². The topological polar surface area (TPSA) is 108 Å². The molecule has 13 heteroatoms. The lowest BCUT2D eigenvalue weighted by atomic mass is 9.93.